The summed E-state index contributed by atoms with van der Waals surface area (Å²) < 4.78 is 10.6. The molecule has 1 unspecified atom stereocenters. The van der Waals surface area contributed by atoms with Crippen molar-refractivity contribution in [3.63, 3.8) is 0 Å². The van der Waals surface area contributed by atoms with Gasteiger partial charge in [-0.05, 0) is 0 Å². The number of β-amino-alcohol motifs (C(OH)–C–C–N with tert-alkyl or cyclic N) is 1. The van der Waals surface area contributed by atoms with E-state index in [1.54, 1.807) is 4.90 Å². The van der Waals surface area contributed by atoms with Crippen LogP contribution in [0.25, 0.3) is 0 Å². The van der Waals surface area contributed by atoms with Gasteiger partial charge in [-0.2, -0.15) is 4.98 Å². The van der Waals surface area contributed by atoms with Crippen molar-refractivity contribution in [2.75, 3.05) is 37.7 Å². The number of Topliss-reactive ketones (excluding diaryl/α,β-unsaturated/α-hetero) is 1. The Morgan fingerprint density at radius 1 is 1.56 bits per heavy atom. The molecule has 3 heterocycles. The number of aliphatic hydroxyl groups excluding tert-OH is 1. The van der Waals surface area contributed by atoms with E-state index in [0.717, 1.165) is 6.54 Å². The molecule has 7 nitrogen and oxygen atoms in total. The number of carbonyl (C=O) groups excluding carboxylic acids is 1. The minimum atomic E-state index is -0.487. The SMILES string of the molecule is O=C(c1coc(N2CC(O)C2)n1)C1CNCCO1. The minimum Gasteiger partial charge on any atom is -0.431 e. The summed E-state index contributed by atoms with van der Waals surface area (Å²) in [7, 11) is 0. The lowest BCUT2D eigenvalue weighted by Crippen LogP contribution is -2.51. The number of aliphatic hydroxyl groups is 1. The molecule has 18 heavy (non-hydrogen) atoms. The van der Waals surface area contributed by atoms with Crippen LogP contribution in [0.5, 0.6) is 0 Å². The van der Waals surface area contributed by atoms with Gasteiger partial charge in [-0.25, -0.2) is 0 Å². The van der Waals surface area contributed by atoms with Crippen LogP contribution in [0.4, 0.5) is 6.01 Å². The number of hydrogen-bond donors (Lipinski definition) is 2. The first kappa shape index (κ1) is 11.6. The summed E-state index contributed by atoms with van der Waals surface area (Å²) in [6, 6.07) is 0.382. The summed E-state index contributed by atoms with van der Waals surface area (Å²) in [5.74, 6) is -0.168. The van der Waals surface area contributed by atoms with Gasteiger partial charge in [0.25, 0.3) is 6.01 Å². The predicted octanol–water partition coefficient (Wildman–Crippen LogP) is -0.973. The molecule has 1 atom stereocenters. The van der Waals surface area contributed by atoms with Crippen LogP contribution in [0.15, 0.2) is 10.7 Å². The van der Waals surface area contributed by atoms with E-state index in [2.05, 4.69) is 10.3 Å². The van der Waals surface area contributed by atoms with Crippen LogP contribution >= 0.6 is 0 Å². The molecule has 0 bridgehead atoms. The lowest BCUT2D eigenvalue weighted by molar-refractivity contribution is 0.0265. The Balaban J connectivity index is 1.66. The summed E-state index contributed by atoms with van der Waals surface area (Å²) in [5.41, 5.74) is 0.278. The number of ether oxygens (including phenoxy) is 1. The normalized spacial score (nSPS) is 24.9. The van der Waals surface area contributed by atoms with E-state index in [1.165, 1.54) is 6.26 Å². The van der Waals surface area contributed by atoms with E-state index in [9.17, 15) is 9.90 Å². The van der Waals surface area contributed by atoms with Crippen molar-refractivity contribution in [1.82, 2.24) is 10.3 Å². The van der Waals surface area contributed by atoms with Crippen LogP contribution in [-0.2, 0) is 4.74 Å². The Morgan fingerprint density at radius 3 is 3.06 bits per heavy atom. The molecule has 7 heteroatoms. The Hall–Kier alpha value is -1.44. The number of oxazole rings is 1. The topological polar surface area (TPSA) is 87.8 Å². The van der Waals surface area contributed by atoms with E-state index in [1.807, 2.05) is 0 Å². The summed E-state index contributed by atoms with van der Waals surface area (Å²) >= 11 is 0. The summed E-state index contributed by atoms with van der Waals surface area (Å²) in [4.78, 5) is 18.0. The second-order valence-corrected chi connectivity index (χ2v) is 4.50. The van der Waals surface area contributed by atoms with E-state index in [4.69, 9.17) is 9.15 Å². The molecule has 0 amide bonds. The average molecular weight is 253 g/mol. The number of ketones is 1. The number of rotatable bonds is 3. The molecule has 2 N–H and O–H groups in total. The van der Waals surface area contributed by atoms with Crippen molar-refractivity contribution >= 4 is 11.8 Å². The monoisotopic (exact) mass is 253 g/mol. The van der Waals surface area contributed by atoms with Crippen molar-refractivity contribution in [2.45, 2.75) is 12.2 Å². The summed E-state index contributed by atoms with van der Waals surface area (Å²) in [6.45, 7) is 2.79. The van der Waals surface area contributed by atoms with E-state index in [-0.39, 0.29) is 17.6 Å². The number of nitrogens with one attached hydrogen (secondary N) is 1. The molecule has 0 spiro atoms. The van der Waals surface area contributed by atoms with Crippen LogP contribution in [-0.4, -0.2) is 60.9 Å². The summed E-state index contributed by atoms with van der Waals surface area (Å²) in [5, 5.41) is 12.3. The molecule has 1 aromatic heterocycles. The molecular weight excluding hydrogens is 238 g/mol. The smallest absolute Gasteiger partial charge is 0.298 e. The molecule has 1 aromatic rings. The zero-order valence-electron chi connectivity index (χ0n) is 9.83. The Kier molecular flexibility index (Phi) is 3.02. The average Bonchev–Trinajstić information content (AvgIpc) is 2.84. The first-order valence-electron chi connectivity index (χ1n) is 5.99. The standard InChI is InChI=1S/C11H15N3O4/c15-7-4-14(5-7)11-13-8(6-18-11)10(16)9-3-12-1-2-17-9/h6-7,9,12,15H,1-5H2. The zero-order chi connectivity index (χ0) is 12.5. The molecule has 0 aromatic carbocycles. The van der Waals surface area contributed by atoms with Crippen LogP contribution in [0.3, 0.4) is 0 Å². The van der Waals surface area contributed by atoms with Gasteiger partial charge in [-0.3, -0.25) is 4.79 Å². The number of morpholine rings is 1. The van der Waals surface area contributed by atoms with Crippen LogP contribution in [0.1, 0.15) is 10.5 Å². The number of hydrogen-bond acceptors (Lipinski definition) is 7. The zero-order valence-corrected chi connectivity index (χ0v) is 9.83. The number of nitrogens with zero attached hydrogens (tertiary/aromatic N) is 2. The van der Waals surface area contributed by atoms with Crippen molar-refractivity contribution < 1.29 is 19.1 Å². The highest BCUT2D eigenvalue weighted by molar-refractivity contribution is 5.98. The third-order valence-corrected chi connectivity index (χ3v) is 3.10. The molecule has 98 valence electrons. The van der Waals surface area contributed by atoms with Crippen LogP contribution in [0.2, 0.25) is 0 Å². The Morgan fingerprint density at radius 2 is 2.39 bits per heavy atom. The number of aromatic nitrogens is 1. The van der Waals surface area contributed by atoms with E-state index >= 15 is 0 Å². The highest BCUT2D eigenvalue weighted by Gasteiger charge is 2.30. The third kappa shape index (κ3) is 2.12. The Bertz CT molecular complexity index is 435. The highest BCUT2D eigenvalue weighted by atomic mass is 16.5. The van der Waals surface area contributed by atoms with Gasteiger partial charge in [0.05, 0.1) is 25.8 Å². The summed E-state index contributed by atoms with van der Waals surface area (Å²) in [6.07, 6.45) is 0.529. The molecule has 0 aliphatic carbocycles. The van der Waals surface area contributed by atoms with Gasteiger partial charge in [0.2, 0.25) is 5.78 Å². The fourth-order valence-corrected chi connectivity index (χ4v) is 2.03. The number of carbonyl (C=O) groups is 1. The molecule has 0 radical (unpaired) electrons. The van der Waals surface area contributed by atoms with Gasteiger partial charge < -0.3 is 24.5 Å². The molecule has 3 rings (SSSR count). The largest absolute Gasteiger partial charge is 0.431 e. The maximum atomic E-state index is 12.1. The fourth-order valence-electron chi connectivity index (χ4n) is 2.03. The van der Waals surface area contributed by atoms with Crippen LogP contribution in [0, 0.1) is 0 Å². The van der Waals surface area contributed by atoms with Crippen molar-refractivity contribution in [3.05, 3.63) is 12.0 Å². The molecule has 2 aliphatic rings. The van der Waals surface area contributed by atoms with Crippen molar-refractivity contribution in [3.8, 4) is 0 Å². The van der Waals surface area contributed by atoms with Gasteiger partial charge in [0, 0.05) is 13.1 Å². The predicted molar refractivity (Wildman–Crippen MR) is 61.7 cm³/mol. The maximum absolute atomic E-state index is 12.1. The molecular formula is C11H15N3O4. The first-order chi connectivity index (χ1) is 8.74. The quantitative estimate of drug-likeness (QED) is 0.670. The Labute approximate surface area is 104 Å². The van der Waals surface area contributed by atoms with Crippen molar-refractivity contribution in [2.24, 2.45) is 0 Å². The fraction of sp³-hybridized carbons (Fsp3) is 0.636. The lowest BCUT2D eigenvalue weighted by atomic mass is 10.1. The van der Waals surface area contributed by atoms with E-state index in [0.29, 0.717) is 32.3 Å². The minimum absolute atomic E-state index is 0.168. The van der Waals surface area contributed by atoms with Gasteiger partial charge in [-0.1, -0.05) is 0 Å². The molecule has 0 saturated carbocycles. The molecule has 2 fully saturated rings. The highest BCUT2D eigenvalue weighted by Crippen LogP contribution is 2.20. The van der Waals surface area contributed by atoms with Gasteiger partial charge in [-0.15, -0.1) is 0 Å². The van der Waals surface area contributed by atoms with Gasteiger partial charge >= 0.3 is 0 Å². The van der Waals surface area contributed by atoms with Crippen LogP contribution < -0.4 is 10.2 Å². The first-order valence-corrected chi connectivity index (χ1v) is 5.99. The van der Waals surface area contributed by atoms with Gasteiger partial charge in [0.15, 0.2) is 0 Å². The molecule has 2 aliphatic heterocycles. The third-order valence-electron chi connectivity index (χ3n) is 3.10. The van der Waals surface area contributed by atoms with E-state index < -0.39 is 6.10 Å². The second kappa shape index (κ2) is 4.68. The maximum Gasteiger partial charge on any atom is 0.298 e. The lowest BCUT2D eigenvalue weighted by Gasteiger charge is -2.34. The second-order valence-electron chi connectivity index (χ2n) is 4.50. The van der Waals surface area contributed by atoms with Crippen molar-refractivity contribution in [1.29, 1.82) is 0 Å². The van der Waals surface area contributed by atoms with Gasteiger partial charge in [0.1, 0.15) is 18.1 Å². The number of anilines is 1. The molecule has 2 saturated heterocycles.